The Labute approximate surface area is 161 Å². The summed E-state index contributed by atoms with van der Waals surface area (Å²) < 4.78 is 16.5. The first-order valence-electron chi connectivity index (χ1n) is 8.47. The molecule has 0 saturated heterocycles. The lowest BCUT2D eigenvalue weighted by Gasteiger charge is -2.11. The first-order valence-corrected chi connectivity index (χ1v) is 8.85. The maximum Gasteiger partial charge on any atom is 0.248 e. The molecule has 3 aromatic rings. The highest BCUT2D eigenvalue weighted by atomic mass is 35.5. The Morgan fingerprint density at radius 1 is 1.33 bits per heavy atom. The summed E-state index contributed by atoms with van der Waals surface area (Å²) in [5.74, 6) is -0.676. The Morgan fingerprint density at radius 2 is 2.11 bits per heavy atom. The van der Waals surface area contributed by atoms with E-state index in [0.717, 1.165) is 17.0 Å². The lowest BCUT2D eigenvalue weighted by molar-refractivity contribution is -0.119. The van der Waals surface area contributed by atoms with Crippen molar-refractivity contribution < 1.29 is 9.18 Å². The minimum absolute atomic E-state index is 0.203. The van der Waals surface area contributed by atoms with Crippen LogP contribution in [0.15, 0.2) is 30.6 Å². The molecule has 0 aliphatic heterocycles. The number of aryl methyl sites for hydroxylation is 1. The molecule has 27 heavy (non-hydrogen) atoms. The number of hydrogen-bond acceptors (Lipinski definition) is 4. The molecule has 1 unspecified atom stereocenters. The maximum atomic E-state index is 13.3. The van der Waals surface area contributed by atoms with Crippen molar-refractivity contribution in [2.24, 2.45) is 5.92 Å². The van der Waals surface area contributed by atoms with Crippen LogP contribution in [0.4, 0.5) is 10.3 Å². The molecular formula is C18H20ClFN6O. The van der Waals surface area contributed by atoms with Crippen molar-refractivity contribution in [3.63, 3.8) is 0 Å². The fraction of sp³-hybridized carbons (Fsp3) is 0.333. The fourth-order valence-corrected chi connectivity index (χ4v) is 2.81. The molecule has 1 aromatic carbocycles. The second kappa shape index (κ2) is 7.87. The summed E-state index contributed by atoms with van der Waals surface area (Å²) in [6.07, 6.45) is 1.49. The number of rotatable bonds is 6. The van der Waals surface area contributed by atoms with Gasteiger partial charge >= 0.3 is 0 Å². The van der Waals surface area contributed by atoms with Gasteiger partial charge in [0, 0.05) is 0 Å². The van der Waals surface area contributed by atoms with Crippen molar-refractivity contribution in [1.82, 2.24) is 24.5 Å². The van der Waals surface area contributed by atoms with Gasteiger partial charge in [-0.3, -0.25) is 14.8 Å². The van der Waals surface area contributed by atoms with Gasteiger partial charge in [-0.25, -0.2) is 14.1 Å². The molecule has 9 heteroatoms. The van der Waals surface area contributed by atoms with Gasteiger partial charge in [-0.15, -0.1) is 5.10 Å². The number of aromatic nitrogens is 5. The SMILES string of the molecule is Cc1nn(CC(C)C(=O)Nc2ncn(Cc3cccc(F)c3)n2)c(C)c1Cl. The monoisotopic (exact) mass is 390 g/mol. The number of halogens is 2. The average molecular weight is 391 g/mol. The first kappa shape index (κ1) is 19.0. The second-order valence-electron chi connectivity index (χ2n) is 6.45. The van der Waals surface area contributed by atoms with Gasteiger partial charge in [0.1, 0.15) is 12.1 Å². The van der Waals surface area contributed by atoms with Gasteiger partial charge in [0.2, 0.25) is 11.9 Å². The second-order valence-corrected chi connectivity index (χ2v) is 6.83. The highest BCUT2D eigenvalue weighted by Crippen LogP contribution is 2.20. The standard InChI is InChI=1S/C18H20ClFN6O/c1-11(8-26-13(3)16(19)12(2)23-26)17(27)22-18-21-10-25(24-18)9-14-5-4-6-15(20)7-14/h4-7,10-11H,8-9H2,1-3H3,(H,22,24,27). The van der Waals surface area contributed by atoms with Crippen LogP contribution in [-0.4, -0.2) is 30.5 Å². The van der Waals surface area contributed by atoms with Gasteiger partial charge < -0.3 is 0 Å². The van der Waals surface area contributed by atoms with Crippen LogP contribution < -0.4 is 5.32 Å². The number of nitrogens with one attached hydrogen (secondary N) is 1. The van der Waals surface area contributed by atoms with Crippen LogP contribution in [0, 0.1) is 25.6 Å². The van der Waals surface area contributed by atoms with Crippen molar-refractivity contribution in [2.75, 3.05) is 5.32 Å². The van der Waals surface area contributed by atoms with Crippen LogP contribution in [0.3, 0.4) is 0 Å². The van der Waals surface area contributed by atoms with Crippen LogP contribution in [-0.2, 0) is 17.9 Å². The van der Waals surface area contributed by atoms with E-state index in [4.69, 9.17) is 11.6 Å². The highest BCUT2D eigenvalue weighted by Gasteiger charge is 2.18. The number of carbonyl (C=O) groups excluding carboxylic acids is 1. The molecule has 0 fully saturated rings. The van der Waals surface area contributed by atoms with Gasteiger partial charge in [-0.2, -0.15) is 5.10 Å². The van der Waals surface area contributed by atoms with E-state index in [1.165, 1.54) is 23.1 Å². The van der Waals surface area contributed by atoms with Gasteiger partial charge in [0.25, 0.3) is 0 Å². The predicted octanol–water partition coefficient (Wildman–Crippen LogP) is 3.21. The van der Waals surface area contributed by atoms with E-state index < -0.39 is 0 Å². The molecule has 2 heterocycles. The zero-order valence-electron chi connectivity index (χ0n) is 15.3. The number of nitrogens with zero attached hydrogens (tertiary/aromatic N) is 5. The lowest BCUT2D eigenvalue weighted by atomic mass is 10.1. The Morgan fingerprint density at radius 3 is 2.78 bits per heavy atom. The molecule has 0 aliphatic carbocycles. The Kier molecular flexibility index (Phi) is 5.55. The smallest absolute Gasteiger partial charge is 0.248 e. The molecule has 0 spiro atoms. The molecule has 1 atom stereocenters. The third-order valence-electron chi connectivity index (χ3n) is 4.19. The van der Waals surface area contributed by atoms with Gasteiger partial charge in [0.05, 0.1) is 35.4 Å². The Hall–Kier alpha value is -2.74. The summed E-state index contributed by atoms with van der Waals surface area (Å²) in [5, 5.41) is 11.8. The van der Waals surface area contributed by atoms with Crippen LogP contribution in [0.2, 0.25) is 5.02 Å². The number of hydrogen-bond donors (Lipinski definition) is 1. The third kappa shape index (κ3) is 4.51. The molecule has 0 radical (unpaired) electrons. The molecule has 142 valence electrons. The minimum atomic E-state index is -0.353. The molecule has 0 aliphatic rings. The first-order chi connectivity index (χ1) is 12.8. The largest absolute Gasteiger partial charge is 0.293 e. The number of carbonyl (C=O) groups is 1. The van der Waals surface area contributed by atoms with E-state index >= 15 is 0 Å². The molecule has 1 N–H and O–H groups in total. The predicted molar refractivity (Wildman–Crippen MR) is 100 cm³/mol. The molecule has 0 bridgehead atoms. The summed E-state index contributed by atoms with van der Waals surface area (Å²) in [6.45, 7) is 6.24. The van der Waals surface area contributed by atoms with E-state index in [1.807, 2.05) is 13.8 Å². The van der Waals surface area contributed by atoms with E-state index in [2.05, 4.69) is 20.5 Å². The average Bonchev–Trinajstić information content (AvgIpc) is 3.15. The molecule has 3 rings (SSSR count). The van der Waals surface area contributed by atoms with Gasteiger partial charge in [0.15, 0.2) is 0 Å². The van der Waals surface area contributed by atoms with Crippen molar-refractivity contribution in [3.8, 4) is 0 Å². The van der Waals surface area contributed by atoms with E-state index in [9.17, 15) is 9.18 Å². The molecule has 0 saturated carbocycles. The van der Waals surface area contributed by atoms with Gasteiger partial charge in [-0.1, -0.05) is 30.7 Å². The van der Waals surface area contributed by atoms with Crippen LogP contribution in [0.25, 0.3) is 0 Å². The van der Waals surface area contributed by atoms with Crippen molar-refractivity contribution >= 4 is 23.5 Å². The van der Waals surface area contributed by atoms with E-state index in [-0.39, 0.29) is 23.6 Å². The summed E-state index contributed by atoms with van der Waals surface area (Å²) in [4.78, 5) is 16.5. The summed E-state index contributed by atoms with van der Waals surface area (Å²) in [7, 11) is 0. The van der Waals surface area contributed by atoms with Crippen LogP contribution in [0.1, 0.15) is 23.9 Å². The van der Waals surface area contributed by atoms with Crippen molar-refractivity contribution in [1.29, 1.82) is 0 Å². The zero-order valence-corrected chi connectivity index (χ0v) is 16.0. The summed E-state index contributed by atoms with van der Waals surface area (Å²) in [5.41, 5.74) is 2.32. The summed E-state index contributed by atoms with van der Waals surface area (Å²) in [6, 6.07) is 6.25. The number of anilines is 1. The Balaban J connectivity index is 1.60. The van der Waals surface area contributed by atoms with Crippen LogP contribution >= 0.6 is 11.6 Å². The topological polar surface area (TPSA) is 77.6 Å². The van der Waals surface area contributed by atoms with Crippen LogP contribution in [0.5, 0.6) is 0 Å². The molecule has 2 aromatic heterocycles. The molecular weight excluding hydrogens is 371 g/mol. The van der Waals surface area contributed by atoms with Crippen molar-refractivity contribution in [2.45, 2.75) is 33.9 Å². The lowest BCUT2D eigenvalue weighted by Crippen LogP contribution is -2.26. The zero-order chi connectivity index (χ0) is 19.6. The van der Waals surface area contributed by atoms with Gasteiger partial charge in [-0.05, 0) is 31.5 Å². The van der Waals surface area contributed by atoms with E-state index in [0.29, 0.717) is 18.1 Å². The molecule has 7 nitrogen and oxygen atoms in total. The Bertz CT molecular complexity index is 967. The minimum Gasteiger partial charge on any atom is -0.293 e. The number of amides is 1. The fourth-order valence-electron chi connectivity index (χ4n) is 2.68. The number of benzene rings is 1. The molecule has 1 amide bonds. The van der Waals surface area contributed by atoms with E-state index in [1.54, 1.807) is 23.7 Å². The highest BCUT2D eigenvalue weighted by molar-refractivity contribution is 6.31. The third-order valence-corrected chi connectivity index (χ3v) is 4.74. The normalized spacial score (nSPS) is 12.2. The summed E-state index contributed by atoms with van der Waals surface area (Å²) >= 11 is 6.14. The quantitative estimate of drug-likeness (QED) is 0.701. The maximum absolute atomic E-state index is 13.3. The van der Waals surface area contributed by atoms with Crippen molar-refractivity contribution in [3.05, 3.63) is 58.4 Å².